The van der Waals surface area contributed by atoms with Crippen LogP contribution in [0.1, 0.15) is 11.3 Å². The molecule has 0 saturated carbocycles. The second kappa shape index (κ2) is 6.50. The van der Waals surface area contributed by atoms with Crippen LogP contribution in [-0.2, 0) is 17.8 Å². The molecular weight excluding hydrogens is 363 g/mol. The lowest BCUT2D eigenvalue weighted by molar-refractivity contribution is -0.129. The third kappa shape index (κ3) is 3.42. The molecule has 1 aromatic heterocycles. The number of para-hydroxylation sites is 1. The summed E-state index contributed by atoms with van der Waals surface area (Å²) in [6.45, 7) is 0.194. The molecule has 1 heterocycles. The van der Waals surface area contributed by atoms with E-state index < -0.39 is 0 Å². The Morgan fingerprint density at radius 3 is 2.91 bits per heavy atom. The predicted octanol–water partition coefficient (Wildman–Crippen LogP) is 3.93. The molecule has 0 saturated heterocycles. The zero-order valence-corrected chi connectivity index (χ0v) is 14.0. The third-order valence-electron chi connectivity index (χ3n) is 3.61. The summed E-state index contributed by atoms with van der Waals surface area (Å²) in [5, 5.41) is 4.77. The lowest BCUT2D eigenvalue weighted by atomic mass is 10.1. The van der Waals surface area contributed by atoms with Gasteiger partial charge in [-0.1, -0.05) is 33.2 Å². The standard InChI is InChI=1S/C17H14BrFN2O2/c1-21(10-11-8-12(18)6-7-14(11)19)17(22)9-15-13-4-2-3-5-16(13)23-20-15/h2-8H,9-10H2,1H3. The summed E-state index contributed by atoms with van der Waals surface area (Å²) in [6, 6.07) is 12.1. The number of hydrogen-bond donors (Lipinski definition) is 0. The van der Waals surface area contributed by atoms with Crippen molar-refractivity contribution in [2.45, 2.75) is 13.0 Å². The minimum atomic E-state index is -0.334. The first-order chi connectivity index (χ1) is 11.0. The van der Waals surface area contributed by atoms with Crippen molar-refractivity contribution in [3.05, 3.63) is 64.0 Å². The number of aromatic nitrogens is 1. The molecule has 0 aliphatic carbocycles. The number of halogens is 2. The molecule has 0 bridgehead atoms. The minimum absolute atomic E-state index is 0.114. The topological polar surface area (TPSA) is 46.3 Å². The SMILES string of the molecule is CN(Cc1cc(Br)ccc1F)C(=O)Cc1noc2ccccc12. The fourth-order valence-electron chi connectivity index (χ4n) is 2.35. The van der Waals surface area contributed by atoms with Crippen molar-refractivity contribution >= 4 is 32.8 Å². The van der Waals surface area contributed by atoms with Crippen LogP contribution >= 0.6 is 15.9 Å². The van der Waals surface area contributed by atoms with Crippen LogP contribution in [0.3, 0.4) is 0 Å². The Balaban J connectivity index is 1.74. The van der Waals surface area contributed by atoms with Crippen LogP contribution < -0.4 is 0 Å². The van der Waals surface area contributed by atoms with E-state index in [1.807, 2.05) is 18.2 Å². The number of likely N-dealkylation sites (N-methyl/N-ethyl adjacent to an activating group) is 1. The van der Waals surface area contributed by atoms with Crippen LogP contribution in [0.15, 0.2) is 51.5 Å². The molecule has 118 valence electrons. The van der Waals surface area contributed by atoms with E-state index in [1.165, 1.54) is 11.0 Å². The highest BCUT2D eigenvalue weighted by Gasteiger charge is 2.16. The number of carbonyl (C=O) groups is 1. The Bertz CT molecular complexity index is 863. The summed E-state index contributed by atoms with van der Waals surface area (Å²) in [6.07, 6.45) is 0.114. The van der Waals surface area contributed by atoms with E-state index in [-0.39, 0.29) is 24.7 Å². The Labute approximate surface area is 141 Å². The molecule has 23 heavy (non-hydrogen) atoms. The molecule has 2 aromatic carbocycles. The molecule has 4 nitrogen and oxygen atoms in total. The van der Waals surface area contributed by atoms with Crippen molar-refractivity contribution in [1.82, 2.24) is 10.1 Å². The lowest BCUT2D eigenvalue weighted by Gasteiger charge is -2.17. The lowest BCUT2D eigenvalue weighted by Crippen LogP contribution is -2.28. The molecular formula is C17H14BrFN2O2. The first-order valence-corrected chi connectivity index (χ1v) is 7.85. The monoisotopic (exact) mass is 376 g/mol. The highest BCUT2D eigenvalue weighted by molar-refractivity contribution is 9.10. The minimum Gasteiger partial charge on any atom is -0.356 e. The molecule has 1 amide bonds. The number of amides is 1. The average molecular weight is 377 g/mol. The van der Waals surface area contributed by atoms with Crippen LogP contribution in [0.4, 0.5) is 4.39 Å². The van der Waals surface area contributed by atoms with E-state index in [2.05, 4.69) is 21.1 Å². The van der Waals surface area contributed by atoms with E-state index >= 15 is 0 Å². The number of benzene rings is 2. The second-order valence-electron chi connectivity index (χ2n) is 5.29. The van der Waals surface area contributed by atoms with Gasteiger partial charge in [0, 0.05) is 29.0 Å². The summed E-state index contributed by atoms with van der Waals surface area (Å²) in [4.78, 5) is 13.8. The van der Waals surface area contributed by atoms with E-state index in [1.54, 1.807) is 25.2 Å². The van der Waals surface area contributed by atoms with Crippen molar-refractivity contribution in [3.8, 4) is 0 Å². The van der Waals surface area contributed by atoms with Gasteiger partial charge in [0.2, 0.25) is 5.91 Å². The predicted molar refractivity (Wildman–Crippen MR) is 88.3 cm³/mol. The normalized spacial score (nSPS) is 10.9. The van der Waals surface area contributed by atoms with Crippen molar-refractivity contribution < 1.29 is 13.7 Å². The summed E-state index contributed by atoms with van der Waals surface area (Å²) in [7, 11) is 1.64. The summed E-state index contributed by atoms with van der Waals surface area (Å²) in [5.41, 5.74) is 1.70. The number of rotatable bonds is 4. The molecule has 0 N–H and O–H groups in total. The maximum Gasteiger partial charge on any atom is 0.228 e. The van der Waals surface area contributed by atoms with Crippen molar-refractivity contribution in [2.24, 2.45) is 0 Å². The van der Waals surface area contributed by atoms with Crippen LogP contribution in [0, 0.1) is 5.82 Å². The van der Waals surface area contributed by atoms with Gasteiger partial charge in [-0.15, -0.1) is 0 Å². The zero-order valence-electron chi connectivity index (χ0n) is 12.4. The maximum atomic E-state index is 13.8. The number of carbonyl (C=O) groups excluding carboxylic acids is 1. The van der Waals surface area contributed by atoms with E-state index in [0.29, 0.717) is 16.8 Å². The summed E-state index contributed by atoms with van der Waals surface area (Å²) in [5.74, 6) is -0.483. The van der Waals surface area contributed by atoms with Gasteiger partial charge in [0.1, 0.15) is 11.5 Å². The van der Waals surface area contributed by atoms with Gasteiger partial charge in [0.15, 0.2) is 5.58 Å². The summed E-state index contributed by atoms with van der Waals surface area (Å²) >= 11 is 3.31. The quantitative estimate of drug-likeness (QED) is 0.692. The van der Waals surface area contributed by atoms with Crippen LogP contribution in [0.25, 0.3) is 11.0 Å². The van der Waals surface area contributed by atoms with Crippen LogP contribution in [-0.4, -0.2) is 23.0 Å². The third-order valence-corrected chi connectivity index (χ3v) is 4.11. The Morgan fingerprint density at radius 1 is 1.30 bits per heavy atom. The first-order valence-electron chi connectivity index (χ1n) is 7.06. The average Bonchev–Trinajstić information content (AvgIpc) is 2.94. The van der Waals surface area contributed by atoms with Gasteiger partial charge in [-0.05, 0) is 30.3 Å². The molecule has 0 radical (unpaired) electrons. The first kappa shape index (κ1) is 15.7. The molecule has 3 rings (SSSR count). The smallest absolute Gasteiger partial charge is 0.228 e. The number of fused-ring (bicyclic) bond motifs is 1. The van der Waals surface area contributed by atoms with Gasteiger partial charge >= 0.3 is 0 Å². The van der Waals surface area contributed by atoms with Gasteiger partial charge in [0.25, 0.3) is 0 Å². The molecule has 0 spiro atoms. The molecule has 0 aliphatic rings. The van der Waals surface area contributed by atoms with E-state index in [4.69, 9.17) is 4.52 Å². The summed E-state index contributed by atoms with van der Waals surface area (Å²) < 4.78 is 19.8. The van der Waals surface area contributed by atoms with Crippen LogP contribution in [0.2, 0.25) is 0 Å². The van der Waals surface area contributed by atoms with Crippen LogP contribution in [0.5, 0.6) is 0 Å². The second-order valence-corrected chi connectivity index (χ2v) is 6.20. The molecule has 3 aromatic rings. The Kier molecular flexibility index (Phi) is 4.43. The molecule has 0 unspecified atom stereocenters. The van der Waals surface area contributed by atoms with Crippen molar-refractivity contribution in [2.75, 3.05) is 7.05 Å². The van der Waals surface area contributed by atoms with Crippen molar-refractivity contribution in [3.63, 3.8) is 0 Å². The van der Waals surface area contributed by atoms with Gasteiger partial charge in [-0.3, -0.25) is 4.79 Å². The molecule has 6 heteroatoms. The fourth-order valence-corrected chi connectivity index (χ4v) is 2.76. The largest absolute Gasteiger partial charge is 0.356 e. The van der Waals surface area contributed by atoms with Gasteiger partial charge in [-0.25, -0.2) is 4.39 Å². The molecule has 0 fully saturated rings. The van der Waals surface area contributed by atoms with Gasteiger partial charge < -0.3 is 9.42 Å². The molecule has 0 atom stereocenters. The Morgan fingerprint density at radius 2 is 2.09 bits per heavy atom. The zero-order chi connectivity index (χ0) is 16.4. The van der Waals surface area contributed by atoms with Crippen molar-refractivity contribution in [1.29, 1.82) is 0 Å². The van der Waals surface area contributed by atoms with E-state index in [9.17, 15) is 9.18 Å². The van der Waals surface area contributed by atoms with Gasteiger partial charge in [-0.2, -0.15) is 0 Å². The number of hydrogen-bond acceptors (Lipinski definition) is 3. The maximum absolute atomic E-state index is 13.8. The fraction of sp³-hybridized carbons (Fsp3) is 0.176. The highest BCUT2D eigenvalue weighted by Crippen LogP contribution is 2.20. The molecule has 0 aliphatic heterocycles. The van der Waals surface area contributed by atoms with Gasteiger partial charge in [0.05, 0.1) is 6.42 Å². The Hall–Kier alpha value is -2.21. The number of nitrogens with zero attached hydrogens (tertiary/aromatic N) is 2. The highest BCUT2D eigenvalue weighted by atomic mass is 79.9. The van der Waals surface area contributed by atoms with E-state index in [0.717, 1.165) is 9.86 Å².